The van der Waals surface area contributed by atoms with E-state index in [2.05, 4.69) is 5.32 Å². The molecule has 1 aliphatic rings. The highest BCUT2D eigenvalue weighted by Crippen LogP contribution is 2.49. The molecule has 0 aliphatic carbocycles. The first-order valence-corrected chi connectivity index (χ1v) is 5.81. The summed E-state index contributed by atoms with van der Waals surface area (Å²) in [5.74, 6) is -0.458. The molecule has 5 nitrogen and oxygen atoms in total. The minimum atomic E-state index is -3.00. The first kappa shape index (κ1) is 10.8. The topological polar surface area (TPSA) is 95.5 Å². The molecular formula is C7H13NO4S-2. The summed E-state index contributed by atoms with van der Waals surface area (Å²) in [7, 11) is -3.00. The second kappa shape index (κ2) is 3.45. The van der Waals surface area contributed by atoms with E-state index in [-0.39, 0.29) is 11.5 Å². The van der Waals surface area contributed by atoms with Crippen LogP contribution in [0.15, 0.2) is 0 Å². The van der Waals surface area contributed by atoms with Gasteiger partial charge in [0.15, 0.2) is 0 Å². The van der Waals surface area contributed by atoms with Gasteiger partial charge in [-0.2, -0.15) is 0 Å². The van der Waals surface area contributed by atoms with Crippen molar-refractivity contribution in [2.24, 2.45) is 0 Å². The Morgan fingerprint density at radius 1 is 1.69 bits per heavy atom. The van der Waals surface area contributed by atoms with E-state index in [4.69, 9.17) is 5.11 Å². The van der Waals surface area contributed by atoms with Gasteiger partial charge in [0.05, 0.1) is 5.54 Å². The van der Waals surface area contributed by atoms with Crippen molar-refractivity contribution in [1.82, 2.24) is 5.32 Å². The van der Waals surface area contributed by atoms with E-state index in [0.29, 0.717) is 6.42 Å². The smallest absolute Gasteiger partial charge is 0.246 e. The van der Waals surface area contributed by atoms with Crippen LogP contribution in [0.25, 0.3) is 0 Å². The molecule has 0 bridgehead atoms. The zero-order chi connectivity index (χ0) is 10.1. The fourth-order valence-corrected chi connectivity index (χ4v) is 3.58. The number of carbonyl (C=O) groups is 1. The number of hydrogen-bond donors (Lipinski definition) is 2. The third kappa shape index (κ3) is 2.84. The first-order chi connectivity index (χ1) is 5.87. The van der Waals surface area contributed by atoms with Crippen molar-refractivity contribution in [3.63, 3.8) is 0 Å². The molecule has 1 rings (SSSR count). The minimum absolute atomic E-state index is 0.0360. The third-order valence-corrected chi connectivity index (χ3v) is 3.99. The fraction of sp³-hybridized carbons (Fsp3) is 0.857. The third-order valence-electron chi connectivity index (χ3n) is 2.09. The van der Waals surface area contributed by atoms with Crippen LogP contribution in [0.5, 0.6) is 0 Å². The van der Waals surface area contributed by atoms with Crippen molar-refractivity contribution in [2.75, 3.05) is 18.1 Å². The monoisotopic (exact) mass is 207 g/mol. The molecule has 6 heteroatoms. The molecule has 0 saturated carbocycles. The van der Waals surface area contributed by atoms with Crippen LogP contribution in [-0.2, 0) is 4.79 Å². The van der Waals surface area contributed by atoms with Crippen molar-refractivity contribution < 1.29 is 19.0 Å². The van der Waals surface area contributed by atoms with E-state index in [1.165, 1.54) is 0 Å². The van der Waals surface area contributed by atoms with Crippen LogP contribution >= 0.6 is 10.6 Å². The minimum Gasteiger partial charge on any atom is -0.800 e. The Bertz CT molecular complexity index is 221. The number of rotatable bonds is 2. The highest BCUT2D eigenvalue weighted by molar-refractivity contribution is 8.24. The van der Waals surface area contributed by atoms with E-state index in [9.17, 15) is 13.9 Å². The Labute approximate surface area is 78.5 Å². The van der Waals surface area contributed by atoms with Crippen molar-refractivity contribution in [3.8, 4) is 0 Å². The van der Waals surface area contributed by atoms with Gasteiger partial charge in [-0.05, 0) is 24.9 Å². The normalized spacial score (nSPS) is 34.2. The summed E-state index contributed by atoms with van der Waals surface area (Å²) in [5.41, 5.74) is -0.696. The molecule has 0 aromatic heterocycles. The molecule has 13 heavy (non-hydrogen) atoms. The van der Waals surface area contributed by atoms with E-state index in [1.54, 1.807) is 6.92 Å². The summed E-state index contributed by atoms with van der Waals surface area (Å²) in [6.07, 6.45) is 0.418. The van der Waals surface area contributed by atoms with E-state index < -0.39 is 28.6 Å². The number of aliphatic hydroxyl groups is 1. The van der Waals surface area contributed by atoms with Crippen LogP contribution in [0.4, 0.5) is 0 Å². The number of nitrogens with one attached hydrogen (secondary N) is 1. The van der Waals surface area contributed by atoms with Crippen LogP contribution in [-0.4, -0.2) is 43.8 Å². The van der Waals surface area contributed by atoms with Gasteiger partial charge in [0.2, 0.25) is 5.91 Å². The number of carbonyl (C=O) groups excluding carboxylic acids is 1. The van der Waals surface area contributed by atoms with Crippen LogP contribution < -0.4 is 5.32 Å². The Morgan fingerprint density at radius 3 is 2.69 bits per heavy atom. The quantitative estimate of drug-likeness (QED) is 0.627. The van der Waals surface area contributed by atoms with Crippen molar-refractivity contribution >= 4 is 16.5 Å². The molecule has 78 valence electrons. The molecule has 1 aliphatic heterocycles. The molecule has 0 radical (unpaired) electrons. The predicted octanol–water partition coefficient (Wildman–Crippen LogP) is -0.677. The largest absolute Gasteiger partial charge is 0.800 e. The Balaban J connectivity index is 2.55. The van der Waals surface area contributed by atoms with E-state index in [1.807, 2.05) is 0 Å². The molecule has 1 atom stereocenters. The molecule has 0 aromatic rings. The van der Waals surface area contributed by atoms with Crippen LogP contribution in [0.1, 0.15) is 13.3 Å². The van der Waals surface area contributed by atoms with Gasteiger partial charge >= 0.3 is 0 Å². The van der Waals surface area contributed by atoms with E-state index >= 15 is 0 Å². The molecular weight excluding hydrogens is 194 g/mol. The molecule has 0 spiro atoms. The number of amides is 1. The molecule has 1 heterocycles. The number of hydrogen-bond acceptors (Lipinski definition) is 4. The number of sulfone groups is 1. The summed E-state index contributed by atoms with van der Waals surface area (Å²) in [6, 6.07) is 0. The second-order valence-electron chi connectivity index (χ2n) is 3.61. The van der Waals surface area contributed by atoms with Gasteiger partial charge in [0.25, 0.3) is 0 Å². The lowest BCUT2D eigenvalue weighted by molar-refractivity contribution is -0.125. The first-order valence-electron chi connectivity index (χ1n) is 3.99. The van der Waals surface area contributed by atoms with Gasteiger partial charge in [0.1, 0.15) is 6.61 Å². The van der Waals surface area contributed by atoms with Gasteiger partial charge in [-0.1, -0.05) is 0 Å². The molecule has 1 unspecified atom stereocenters. The maximum Gasteiger partial charge on any atom is 0.246 e. The van der Waals surface area contributed by atoms with Gasteiger partial charge in [-0.3, -0.25) is 4.79 Å². The summed E-state index contributed by atoms with van der Waals surface area (Å²) < 4.78 is 22.2. The van der Waals surface area contributed by atoms with Gasteiger partial charge in [0, 0.05) is 0 Å². The molecule has 0 aromatic carbocycles. The fourth-order valence-electron chi connectivity index (χ4n) is 1.49. The van der Waals surface area contributed by atoms with Crippen molar-refractivity contribution in [2.45, 2.75) is 18.9 Å². The zero-order valence-electron chi connectivity index (χ0n) is 7.41. The maximum absolute atomic E-state index is 11.1. The Hall–Kier alpha value is -0.300. The predicted molar refractivity (Wildman–Crippen MR) is 47.1 cm³/mol. The lowest BCUT2D eigenvalue weighted by Crippen LogP contribution is -2.47. The summed E-state index contributed by atoms with van der Waals surface area (Å²) in [6.45, 7) is 1.07. The van der Waals surface area contributed by atoms with Crippen molar-refractivity contribution in [3.05, 3.63) is 0 Å². The standard InChI is InChI=1S/C7H15NO4S/c1-7(8-6(10)4-9)2-3-13(11,12)5-7/h9,11-12H,2-5H2,1H3,(H,8,10)/p-2. The van der Waals surface area contributed by atoms with Crippen LogP contribution in [0.2, 0.25) is 0 Å². The lowest BCUT2D eigenvalue weighted by atomic mass is 10.0. The maximum atomic E-state index is 11.1. The van der Waals surface area contributed by atoms with E-state index in [0.717, 1.165) is 0 Å². The van der Waals surface area contributed by atoms with Gasteiger partial charge in [-0.15, -0.1) is 0 Å². The van der Waals surface area contributed by atoms with Crippen molar-refractivity contribution in [1.29, 1.82) is 0 Å². The second-order valence-corrected chi connectivity index (χ2v) is 5.79. The SMILES string of the molecule is CC1(NC(=O)CO)CCS([O-])([O-])C1. The number of aliphatic hydroxyl groups excluding tert-OH is 1. The van der Waals surface area contributed by atoms with Crippen LogP contribution in [0, 0.1) is 0 Å². The Kier molecular flexibility index (Phi) is 2.86. The summed E-state index contributed by atoms with van der Waals surface area (Å²) in [4.78, 5) is 10.8. The highest BCUT2D eigenvalue weighted by atomic mass is 32.3. The molecule has 2 N–H and O–H groups in total. The average molecular weight is 207 g/mol. The molecule has 1 amide bonds. The van der Waals surface area contributed by atoms with Gasteiger partial charge in [-0.25, -0.2) is 0 Å². The highest BCUT2D eigenvalue weighted by Gasteiger charge is 2.31. The lowest BCUT2D eigenvalue weighted by Gasteiger charge is -2.57. The summed E-state index contributed by atoms with van der Waals surface area (Å²) in [5, 5.41) is 11.0. The Morgan fingerprint density at radius 2 is 2.31 bits per heavy atom. The molecule has 1 fully saturated rings. The van der Waals surface area contributed by atoms with Crippen LogP contribution in [0.3, 0.4) is 0 Å². The average Bonchev–Trinajstić information content (AvgIpc) is 2.25. The zero-order valence-corrected chi connectivity index (χ0v) is 8.23. The van der Waals surface area contributed by atoms with Gasteiger partial charge < -0.3 is 30.1 Å². The summed E-state index contributed by atoms with van der Waals surface area (Å²) >= 11 is 0. The molecule has 1 saturated heterocycles.